The Morgan fingerprint density at radius 1 is 1.03 bits per heavy atom. The lowest BCUT2D eigenvalue weighted by molar-refractivity contribution is -0.144. The summed E-state index contributed by atoms with van der Waals surface area (Å²) in [4.78, 5) is 28.7. The molecule has 0 bridgehead atoms. The third kappa shape index (κ3) is 7.34. The Bertz CT molecular complexity index is 870. The van der Waals surface area contributed by atoms with Crippen LogP contribution in [0.15, 0.2) is 48.5 Å². The monoisotopic (exact) mass is 407 g/mol. The maximum atomic E-state index is 13.2. The Balaban J connectivity index is 2.23. The first-order chi connectivity index (χ1) is 14.4. The van der Waals surface area contributed by atoms with Gasteiger partial charge in [-0.3, -0.25) is 14.5 Å². The molecule has 6 nitrogen and oxygen atoms in total. The number of esters is 1. The number of nitriles is 1. The van der Waals surface area contributed by atoms with Crippen LogP contribution in [-0.4, -0.2) is 43.0 Å². The number of ether oxygens (including phenoxy) is 1. The predicted octanol–water partition coefficient (Wildman–Crippen LogP) is 3.62. The summed E-state index contributed by atoms with van der Waals surface area (Å²) in [6.45, 7) is 6.83. The molecule has 2 aromatic rings. The Morgan fingerprint density at radius 3 is 2.30 bits per heavy atom. The fourth-order valence-corrected chi connectivity index (χ4v) is 3.34. The van der Waals surface area contributed by atoms with E-state index in [4.69, 9.17) is 10.00 Å². The molecule has 0 aliphatic carbocycles. The molecular weight excluding hydrogens is 378 g/mol. The Morgan fingerprint density at radius 2 is 1.70 bits per heavy atom. The number of hydrogen-bond donors (Lipinski definition) is 0. The molecule has 0 spiro atoms. The summed E-state index contributed by atoms with van der Waals surface area (Å²) in [5.74, 6) is -0.522. The highest BCUT2D eigenvalue weighted by Gasteiger charge is 2.21. The minimum absolute atomic E-state index is 0.0212. The van der Waals surface area contributed by atoms with E-state index >= 15 is 0 Å². The SMILES string of the molecule is CCOC(=O)CN(CC(=O)N(CCC#N)c1cc(C)cc(C)c1)Cc1ccccc1. The van der Waals surface area contributed by atoms with Crippen molar-refractivity contribution in [3.63, 3.8) is 0 Å². The molecule has 1 amide bonds. The summed E-state index contributed by atoms with van der Waals surface area (Å²) in [6, 6.07) is 17.7. The molecule has 0 saturated carbocycles. The van der Waals surface area contributed by atoms with Crippen molar-refractivity contribution in [3.8, 4) is 6.07 Å². The third-order valence-corrected chi connectivity index (χ3v) is 4.53. The van der Waals surface area contributed by atoms with E-state index in [2.05, 4.69) is 6.07 Å². The van der Waals surface area contributed by atoms with Gasteiger partial charge >= 0.3 is 5.97 Å². The molecule has 0 aliphatic heterocycles. The van der Waals surface area contributed by atoms with Crippen LogP contribution in [0, 0.1) is 25.2 Å². The molecule has 0 N–H and O–H groups in total. The van der Waals surface area contributed by atoms with Gasteiger partial charge in [-0.05, 0) is 49.6 Å². The third-order valence-electron chi connectivity index (χ3n) is 4.53. The highest BCUT2D eigenvalue weighted by atomic mass is 16.5. The standard InChI is InChI=1S/C24H29N3O3/c1-4-30-24(29)18-26(16-21-9-6-5-7-10-21)17-23(28)27(12-8-11-25)22-14-19(2)13-20(3)15-22/h5-7,9-10,13-15H,4,8,12,16-18H2,1-3H3. The van der Waals surface area contributed by atoms with Gasteiger partial charge in [0, 0.05) is 18.8 Å². The molecular formula is C24H29N3O3. The van der Waals surface area contributed by atoms with Crippen molar-refractivity contribution in [1.29, 1.82) is 5.26 Å². The number of rotatable bonds is 10. The maximum Gasteiger partial charge on any atom is 0.320 e. The van der Waals surface area contributed by atoms with Crippen LogP contribution in [0.3, 0.4) is 0 Å². The molecule has 0 aromatic heterocycles. The first-order valence-electron chi connectivity index (χ1n) is 10.1. The number of benzene rings is 2. The minimum Gasteiger partial charge on any atom is -0.465 e. The van der Waals surface area contributed by atoms with Gasteiger partial charge in [0.25, 0.3) is 0 Å². The van der Waals surface area contributed by atoms with Gasteiger partial charge in [-0.2, -0.15) is 5.26 Å². The number of hydrogen-bond acceptors (Lipinski definition) is 5. The molecule has 30 heavy (non-hydrogen) atoms. The van der Waals surface area contributed by atoms with E-state index in [1.54, 1.807) is 16.7 Å². The van der Waals surface area contributed by atoms with Crippen LogP contribution in [-0.2, 0) is 20.9 Å². The molecule has 2 aromatic carbocycles. The van der Waals surface area contributed by atoms with Crippen LogP contribution < -0.4 is 4.90 Å². The van der Waals surface area contributed by atoms with Gasteiger partial charge in [0.1, 0.15) is 0 Å². The first kappa shape index (κ1) is 23.1. The van der Waals surface area contributed by atoms with Crippen LogP contribution in [0.4, 0.5) is 5.69 Å². The molecule has 6 heteroatoms. The van der Waals surface area contributed by atoms with Crippen molar-refractivity contribution >= 4 is 17.6 Å². The largest absolute Gasteiger partial charge is 0.465 e. The van der Waals surface area contributed by atoms with Crippen LogP contribution >= 0.6 is 0 Å². The molecule has 0 radical (unpaired) electrons. The summed E-state index contributed by atoms with van der Waals surface area (Å²) in [5, 5.41) is 9.05. The van der Waals surface area contributed by atoms with Gasteiger partial charge in [0.05, 0.1) is 32.2 Å². The zero-order chi connectivity index (χ0) is 21.9. The van der Waals surface area contributed by atoms with E-state index in [1.807, 2.05) is 62.4 Å². The number of amides is 1. The van der Waals surface area contributed by atoms with Gasteiger partial charge in [0.15, 0.2) is 0 Å². The number of carbonyl (C=O) groups is 2. The summed E-state index contributed by atoms with van der Waals surface area (Å²) in [5.41, 5.74) is 3.87. The minimum atomic E-state index is -0.365. The molecule has 2 rings (SSSR count). The number of anilines is 1. The first-order valence-corrected chi connectivity index (χ1v) is 10.1. The van der Waals surface area contributed by atoms with Gasteiger partial charge in [-0.25, -0.2) is 0 Å². The number of nitrogens with zero attached hydrogens (tertiary/aromatic N) is 3. The van der Waals surface area contributed by atoms with Crippen molar-refractivity contribution in [2.75, 3.05) is 31.1 Å². The van der Waals surface area contributed by atoms with Crippen molar-refractivity contribution in [2.24, 2.45) is 0 Å². The van der Waals surface area contributed by atoms with E-state index in [1.165, 1.54) is 0 Å². The fourth-order valence-electron chi connectivity index (χ4n) is 3.34. The van der Waals surface area contributed by atoms with Crippen molar-refractivity contribution in [1.82, 2.24) is 4.90 Å². The summed E-state index contributed by atoms with van der Waals surface area (Å²) in [7, 11) is 0. The molecule has 0 atom stereocenters. The van der Waals surface area contributed by atoms with Gasteiger partial charge in [-0.1, -0.05) is 36.4 Å². The van der Waals surface area contributed by atoms with Crippen molar-refractivity contribution in [3.05, 3.63) is 65.2 Å². The molecule has 0 fully saturated rings. The molecule has 0 aliphatic rings. The van der Waals surface area contributed by atoms with Crippen LogP contribution in [0.1, 0.15) is 30.0 Å². The maximum absolute atomic E-state index is 13.2. The Labute approximate surface area is 178 Å². The van der Waals surface area contributed by atoms with E-state index in [0.29, 0.717) is 19.7 Å². The average Bonchev–Trinajstić information content (AvgIpc) is 2.68. The molecule has 0 saturated heterocycles. The lowest BCUT2D eigenvalue weighted by Gasteiger charge is -2.27. The quantitative estimate of drug-likeness (QED) is 0.563. The molecule has 158 valence electrons. The number of aryl methyl sites for hydroxylation is 2. The summed E-state index contributed by atoms with van der Waals surface area (Å²) >= 11 is 0. The second kappa shape index (κ2) is 11.7. The lowest BCUT2D eigenvalue weighted by Crippen LogP contribution is -2.42. The number of carbonyl (C=O) groups excluding carboxylic acids is 2. The van der Waals surface area contributed by atoms with E-state index in [0.717, 1.165) is 22.4 Å². The highest BCUT2D eigenvalue weighted by Crippen LogP contribution is 2.20. The zero-order valence-electron chi connectivity index (χ0n) is 17.9. The van der Waals surface area contributed by atoms with E-state index < -0.39 is 0 Å². The second-order valence-corrected chi connectivity index (χ2v) is 7.24. The van der Waals surface area contributed by atoms with E-state index in [9.17, 15) is 9.59 Å². The lowest BCUT2D eigenvalue weighted by atomic mass is 10.1. The average molecular weight is 408 g/mol. The van der Waals surface area contributed by atoms with Crippen molar-refractivity contribution in [2.45, 2.75) is 33.7 Å². The second-order valence-electron chi connectivity index (χ2n) is 7.24. The van der Waals surface area contributed by atoms with Gasteiger partial charge in [0.2, 0.25) is 5.91 Å². The Kier molecular flexibility index (Phi) is 9.04. The van der Waals surface area contributed by atoms with Gasteiger partial charge < -0.3 is 9.64 Å². The zero-order valence-corrected chi connectivity index (χ0v) is 17.9. The topological polar surface area (TPSA) is 73.6 Å². The smallest absolute Gasteiger partial charge is 0.320 e. The van der Waals surface area contributed by atoms with E-state index in [-0.39, 0.29) is 31.4 Å². The van der Waals surface area contributed by atoms with Crippen molar-refractivity contribution < 1.29 is 14.3 Å². The summed E-state index contributed by atoms with van der Waals surface area (Å²) in [6.07, 6.45) is 0.231. The van der Waals surface area contributed by atoms with Gasteiger partial charge in [-0.15, -0.1) is 0 Å². The predicted molar refractivity (Wildman–Crippen MR) is 117 cm³/mol. The fraction of sp³-hybridized carbons (Fsp3) is 0.375. The van der Waals surface area contributed by atoms with Crippen LogP contribution in [0.5, 0.6) is 0 Å². The van der Waals surface area contributed by atoms with Crippen LogP contribution in [0.2, 0.25) is 0 Å². The Hall–Kier alpha value is -3.17. The molecule has 0 heterocycles. The molecule has 0 unspecified atom stereocenters. The highest BCUT2D eigenvalue weighted by molar-refractivity contribution is 5.95. The normalized spacial score (nSPS) is 10.5. The van der Waals surface area contributed by atoms with Crippen LogP contribution in [0.25, 0.3) is 0 Å². The summed E-state index contributed by atoms with van der Waals surface area (Å²) < 4.78 is 5.08.